The van der Waals surface area contributed by atoms with E-state index < -0.39 is 12.0 Å². The Morgan fingerprint density at radius 2 is 1.59 bits per heavy atom. The molecule has 0 aromatic carbocycles. The van der Waals surface area contributed by atoms with Crippen molar-refractivity contribution in [1.82, 2.24) is 5.32 Å². The van der Waals surface area contributed by atoms with Gasteiger partial charge in [0.15, 0.2) is 0 Å². The zero-order valence-electron chi connectivity index (χ0n) is 12.0. The van der Waals surface area contributed by atoms with Crippen LogP contribution in [0.15, 0.2) is 0 Å². The molecular formula is C12H27NO3S. The molecule has 0 aromatic rings. The van der Waals surface area contributed by atoms with Gasteiger partial charge in [0.1, 0.15) is 6.04 Å². The van der Waals surface area contributed by atoms with Crippen LogP contribution in [-0.4, -0.2) is 29.8 Å². The van der Waals surface area contributed by atoms with E-state index in [0.29, 0.717) is 0 Å². The van der Waals surface area contributed by atoms with Gasteiger partial charge in [-0.1, -0.05) is 27.7 Å². The van der Waals surface area contributed by atoms with Gasteiger partial charge in [0.05, 0.1) is 6.10 Å². The number of hydrogen-bond acceptors (Lipinski definition) is 4. The van der Waals surface area contributed by atoms with Crippen molar-refractivity contribution in [3.63, 3.8) is 0 Å². The third kappa shape index (κ3) is 15.3. The van der Waals surface area contributed by atoms with Gasteiger partial charge < -0.3 is 10.1 Å². The van der Waals surface area contributed by atoms with E-state index in [1.165, 1.54) is 6.92 Å². The van der Waals surface area contributed by atoms with Gasteiger partial charge in [-0.25, -0.2) is 4.79 Å². The van der Waals surface area contributed by atoms with Crippen LogP contribution in [0.4, 0.5) is 0 Å². The van der Waals surface area contributed by atoms with Gasteiger partial charge in [-0.05, 0) is 13.8 Å². The van der Waals surface area contributed by atoms with Crippen LogP contribution in [0.1, 0.15) is 48.5 Å². The maximum atomic E-state index is 11.2. The topological polar surface area (TPSA) is 55.4 Å². The molecule has 0 aliphatic rings. The number of thiol groups is 1. The van der Waals surface area contributed by atoms with Crippen LogP contribution in [-0.2, 0) is 14.3 Å². The highest BCUT2D eigenvalue weighted by molar-refractivity contribution is 7.80. The lowest BCUT2D eigenvalue weighted by Gasteiger charge is -2.16. The fourth-order valence-corrected chi connectivity index (χ4v) is 0.979. The fraction of sp³-hybridized carbons (Fsp3) is 0.833. The molecule has 0 saturated heterocycles. The highest BCUT2D eigenvalue weighted by Crippen LogP contribution is 1.96. The van der Waals surface area contributed by atoms with Gasteiger partial charge in [-0.15, -0.1) is 0 Å². The molecule has 0 aliphatic heterocycles. The monoisotopic (exact) mass is 265 g/mol. The van der Waals surface area contributed by atoms with Gasteiger partial charge in [0, 0.05) is 12.7 Å². The molecule has 0 aliphatic carbocycles. The van der Waals surface area contributed by atoms with Gasteiger partial charge in [-0.2, -0.15) is 12.6 Å². The second-order valence-electron chi connectivity index (χ2n) is 2.92. The number of nitrogens with one attached hydrogen (secondary N) is 1. The van der Waals surface area contributed by atoms with Crippen molar-refractivity contribution >= 4 is 24.5 Å². The Morgan fingerprint density at radius 3 is 1.82 bits per heavy atom. The second-order valence-corrected chi connectivity index (χ2v) is 3.29. The highest BCUT2D eigenvalue weighted by atomic mass is 32.1. The molecule has 104 valence electrons. The average molecular weight is 265 g/mol. The predicted octanol–water partition coefficient (Wildman–Crippen LogP) is 2.42. The van der Waals surface area contributed by atoms with Crippen LogP contribution in [0.2, 0.25) is 0 Å². The summed E-state index contributed by atoms with van der Waals surface area (Å²) in [6, 6.07) is -0.650. The molecule has 0 heterocycles. The van der Waals surface area contributed by atoms with Crippen LogP contribution >= 0.6 is 12.6 Å². The van der Waals surface area contributed by atoms with Crippen molar-refractivity contribution < 1.29 is 14.3 Å². The lowest BCUT2D eigenvalue weighted by atomic mass is 10.3. The Labute approximate surface area is 111 Å². The summed E-state index contributed by atoms with van der Waals surface area (Å²) in [5.41, 5.74) is 0. The zero-order valence-corrected chi connectivity index (χ0v) is 12.9. The molecule has 0 unspecified atom stereocenters. The van der Waals surface area contributed by atoms with E-state index >= 15 is 0 Å². The van der Waals surface area contributed by atoms with E-state index in [9.17, 15) is 9.59 Å². The number of carbonyl (C=O) groups is 2. The number of rotatable bonds is 4. The fourth-order valence-electron chi connectivity index (χ4n) is 0.739. The molecule has 0 radical (unpaired) electrons. The molecule has 0 fully saturated rings. The molecular weight excluding hydrogens is 238 g/mol. The Hall–Kier alpha value is -0.710. The summed E-state index contributed by atoms with van der Waals surface area (Å²) in [5, 5.41) is 2.44. The standard InChI is InChI=1S/C8H15NO3S.2C2H6/c1-5(2)12-8(11)7(4-13)9-6(3)10;2*1-2/h5,7,13H,4H2,1-3H3,(H,9,10);2*1-2H3/t7-;;/m0../s1. The summed E-state index contributed by atoms with van der Waals surface area (Å²) in [6.45, 7) is 12.8. The van der Waals surface area contributed by atoms with Crippen LogP contribution in [0.5, 0.6) is 0 Å². The van der Waals surface area contributed by atoms with E-state index in [4.69, 9.17) is 4.74 Å². The minimum Gasteiger partial charge on any atom is -0.461 e. The minimum atomic E-state index is -0.650. The van der Waals surface area contributed by atoms with Crippen molar-refractivity contribution in [2.24, 2.45) is 0 Å². The maximum Gasteiger partial charge on any atom is 0.329 e. The first-order chi connectivity index (χ1) is 7.97. The van der Waals surface area contributed by atoms with E-state index in [-0.39, 0.29) is 17.8 Å². The molecule has 0 aromatic heterocycles. The molecule has 1 amide bonds. The SMILES string of the molecule is CC.CC.CC(=O)N[C@@H](CS)C(=O)OC(C)C. The summed E-state index contributed by atoms with van der Waals surface area (Å²) >= 11 is 3.94. The summed E-state index contributed by atoms with van der Waals surface area (Å²) < 4.78 is 4.90. The largest absolute Gasteiger partial charge is 0.461 e. The summed E-state index contributed by atoms with van der Waals surface area (Å²) in [4.78, 5) is 21.9. The van der Waals surface area contributed by atoms with Crippen molar-refractivity contribution in [2.75, 3.05) is 5.75 Å². The third-order valence-corrected chi connectivity index (χ3v) is 1.56. The van der Waals surface area contributed by atoms with Crippen LogP contribution in [0.25, 0.3) is 0 Å². The Balaban J connectivity index is -0.000000439. The Morgan fingerprint density at radius 1 is 1.18 bits per heavy atom. The lowest BCUT2D eigenvalue weighted by molar-refractivity contribution is -0.150. The molecule has 0 spiro atoms. The van der Waals surface area contributed by atoms with E-state index in [1.54, 1.807) is 13.8 Å². The molecule has 1 atom stereocenters. The van der Waals surface area contributed by atoms with Crippen LogP contribution in [0, 0.1) is 0 Å². The molecule has 0 bridgehead atoms. The molecule has 5 heteroatoms. The quantitative estimate of drug-likeness (QED) is 0.606. The molecule has 1 N–H and O–H groups in total. The van der Waals surface area contributed by atoms with Crippen molar-refractivity contribution in [2.45, 2.75) is 60.6 Å². The molecule has 0 rings (SSSR count). The van der Waals surface area contributed by atoms with Gasteiger partial charge in [0.25, 0.3) is 0 Å². The summed E-state index contributed by atoms with van der Waals surface area (Å²) in [6.07, 6.45) is -0.177. The number of amides is 1. The number of hydrogen-bond donors (Lipinski definition) is 2. The Bertz CT molecular complexity index is 196. The number of ether oxygens (including phenoxy) is 1. The predicted molar refractivity (Wildman–Crippen MR) is 75.4 cm³/mol. The van der Waals surface area contributed by atoms with Gasteiger partial charge in [-0.3, -0.25) is 4.79 Å². The third-order valence-electron chi connectivity index (χ3n) is 1.20. The van der Waals surface area contributed by atoms with Gasteiger partial charge in [0.2, 0.25) is 5.91 Å². The van der Waals surface area contributed by atoms with Crippen molar-refractivity contribution in [1.29, 1.82) is 0 Å². The number of carbonyl (C=O) groups excluding carboxylic acids is 2. The summed E-state index contributed by atoms with van der Waals surface area (Å²) in [5.74, 6) is -0.467. The molecule has 0 saturated carbocycles. The molecule has 4 nitrogen and oxygen atoms in total. The highest BCUT2D eigenvalue weighted by Gasteiger charge is 2.19. The minimum absolute atomic E-state index is 0.177. The smallest absolute Gasteiger partial charge is 0.329 e. The first-order valence-corrected chi connectivity index (χ1v) is 6.69. The van der Waals surface area contributed by atoms with Gasteiger partial charge >= 0.3 is 5.97 Å². The van der Waals surface area contributed by atoms with Crippen molar-refractivity contribution in [3.8, 4) is 0 Å². The van der Waals surface area contributed by atoms with E-state index in [2.05, 4.69) is 17.9 Å². The molecule has 17 heavy (non-hydrogen) atoms. The second kappa shape index (κ2) is 15.3. The summed E-state index contributed by atoms with van der Waals surface area (Å²) in [7, 11) is 0. The van der Waals surface area contributed by atoms with E-state index in [0.717, 1.165) is 0 Å². The normalized spacial score (nSPS) is 10.2. The Kier molecular flexibility index (Phi) is 19.4. The van der Waals surface area contributed by atoms with E-state index in [1.807, 2.05) is 27.7 Å². The first-order valence-electron chi connectivity index (χ1n) is 6.05. The van der Waals surface area contributed by atoms with Crippen LogP contribution < -0.4 is 5.32 Å². The lowest BCUT2D eigenvalue weighted by Crippen LogP contribution is -2.42. The number of esters is 1. The van der Waals surface area contributed by atoms with Crippen molar-refractivity contribution in [3.05, 3.63) is 0 Å². The average Bonchev–Trinajstić information content (AvgIpc) is 2.30. The first kappa shape index (κ1) is 21.6. The van der Waals surface area contributed by atoms with Crippen LogP contribution in [0.3, 0.4) is 0 Å². The maximum absolute atomic E-state index is 11.2. The zero-order chi connectivity index (χ0) is 14.4.